The fourth-order valence-corrected chi connectivity index (χ4v) is 4.78. The Morgan fingerprint density at radius 1 is 1.14 bits per heavy atom. The predicted molar refractivity (Wildman–Crippen MR) is 142 cm³/mol. The number of halogens is 1. The summed E-state index contributed by atoms with van der Waals surface area (Å²) < 4.78 is 21.1. The van der Waals surface area contributed by atoms with E-state index in [1.165, 1.54) is 12.5 Å². The van der Waals surface area contributed by atoms with E-state index in [-0.39, 0.29) is 12.1 Å². The molecule has 190 valence electrons. The van der Waals surface area contributed by atoms with Gasteiger partial charge in [0.15, 0.2) is 0 Å². The lowest BCUT2D eigenvalue weighted by Gasteiger charge is -2.30. The number of nitrogens with one attached hydrogen (secondary N) is 2. The Hall–Kier alpha value is -3.91. The highest BCUT2D eigenvalue weighted by Gasteiger charge is 2.33. The fraction of sp³-hybridized carbons (Fsp3) is 0.310. The molecule has 2 fully saturated rings. The monoisotopic (exact) mass is 499 g/mol. The number of nitrogens with zero attached hydrogens (tertiary/aromatic N) is 3. The number of hydrogen-bond acceptors (Lipinski definition) is 4. The van der Waals surface area contributed by atoms with Crippen LogP contribution in [0, 0.1) is 5.82 Å². The number of carbonyl (C=O) groups excluding carboxylic acids is 1. The maximum atomic E-state index is 15.1. The van der Waals surface area contributed by atoms with Gasteiger partial charge in [-0.15, -0.1) is 0 Å². The summed E-state index contributed by atoms with van der Waals surface area (Å²) in [6.45, 7) is 4.38. The molecule has 0 spiro atoms. The molecule has 3 heterocycles. The molecular weight excluding hydrogens is 469 g/mol. The molecule has 1 aliphatic heterocycles. The molecule has 2 aromatic heterocycles. The number of rotatable bonds is 9. The van der Waals surface area contributed by atoms with E-state index in [0.29, 0.717) is 30.0 Å². The normalized spacial score (nSPS) is 15.4. The summed E-state index contributed by atoms with van der Waals surface area (Å²) >= 11 is 0. The minimum Gasteiger partial charge on any atom is -0.492 e. The van der Waals surface area contributed by atoms with Gasteiger partial charge in [0.1, 0.15) is 23.8 Å². The number of likely N-dealkylation sites (tertiary alicyclic amines) is 1. The number of pyridine rings is 1. The number of fused-ring (bicyclic) bond motifs is 1. The van der Waals surface area contributed by atoms with Gasteiger partial charge in [-0.05, 0) is 85.9 Å². The first-order valence-corrected chi connectivity index (χ1v) is 12.9. The van der Waals surface area contributed by atoms with Crippen molar-refractivity contribution in [2.24, 2.45) is 0 Å². The van der Waals surface area contributed by atoms with Gasteiger partial charge in [0.05, 0.1) is 0 Å². The van der Waals surface area contributed by atoms with Crippen LogP contribution in [0.5, 0.6) is 5.75 Å². The van der Waals surface area contributed by atoms with Crippen molar-refractivity contribution in [2.75, 3.05) is 31.6 Å². The second kappa shape index (κ2) is 10.2. The Kier molecular flexibility index (Phi) is 6.49. The third kappa shape index (κ3) is 5.29. The van der Waals surface area contributed by atoms with Crippen LogP contribution >= 0.6 is 0 Å². The minimum absolute atomic E-state index is 0.193. The zero-order valence-electron chi connectivity index (χ0n) is 20.6. The Balaban J connectivity index is 1.12. The van der Waals surface area contributed by atoms with Crippen LogP contribution < -0.4 is 10.1 Å². The highest BCUT2D eigenvalue weighted by molar-refractivity contribution is 5.94. The molecular formula is C29H30FN5O2. The van der Waals surface area contributed by atoms with Gasteiger partial charge >= 0.3 is 6.03 Å². The van der Waals surface area contributed by atoms with Crippen LogP contribution in [0.1, 0.15) is 24.8 Å². The molecule has 4 aromatic rings. The van der Waals surface area contributed by atoms with Gasteiger partial charge in [-0.1, -0.05) is 12.1 Å². The third-order valence-corrected chi connectivity index (χ3v) is 7.10. The lowest BCUT2D eigenvalue weighted by molar-refractivity contribution is 0.147. The minimum atomic E-state index is -0.396. The first-order chi connectivity index (χ1) is 18.1. The number of hydrogen-bond donors (Lipinski definition) is 2. The van der Waals surface area contributed by atoms with Crippen LogP contribution in [-0.2, 0) is 6.54 Å². The first-order valence-electron chi connectivity index (χ1n) is 12.9. The summed E-state index contributed by atoms with van der Waals surface area (Å²) in [6, 6.07) is 16.4. The summed E-state index contributed by atoms with van der Waals surface area (Å²) in [5, 5.41) is 3.75. The molecule has 0 bridgehead atoms. The highest BCUT2D eigenvalue weighted by atomic mass is 19.1. The molecule has 0 radical (unpaired) electrons. The van der Waals surface area contributed by atoms with E-state index in [1.807, 2.05) is 35.2 Å². The van der Waals surface area contributed by atoms with Gasteiger partial charge in [-0.3, -0.25) is 4.90 Å². The number of carbonyl (C=O) groups is 1. The Morgan fingerprint density at radius 2 is 2.03 bits per heavy atom. The third-order valence-electron chi connectivity index (χ3n) is 7.10. The molecule has 1 aliphatic carbocycles. The SMILES string of the molecule is O=C(Nc1ccc(-c2ccnc3[nH]ccc23)c(F)c1)N(Cc1cccc(OCCN2CCC2)c1)C1CC1. The second-order valence-corrected chi connectivity index (χ2v) is 9.77. The molecule has 0 unspecified atom stereocenters. The van der Waals surface area contributed by atoms with Crippen molar-refractivity contribution in [1.29, 1.82) is 0 Å². The summed E-state index contributed by atoms with van der Waals surface area (Å²) in [4.78, 5) is 24.7. The van der Waals surface area contributed by atoms with Crippen molar-refractivity contribution < 1.29 is 13.9 Å². The van der Waals surface area contributed by atoms with Gasteiger partial charge in [0.25, 0.3) is 0 Å². The lowest BCUT2D eigenvalue weighted by atomic mass is 10.0. The van der Waals surface area contributed by atoms with Gasteiger partial charge < -0.3 is 19.9 Å². The van der Waals surface area contributed by atoms with E-state index in [4.69, 9.17) is 4.74 Å². The molecule has 7 nitrogen and oxygen atoms in total. The second-order valence-electron chi connectivity index (χ2n) is 9.77. The molecule has 2 aliphatic rings. The molecule has 6 rings (SSSR count). The van der Waals surface area contributed by atoms with Crippen molar-refractivity contribution in [3.05, 3.63) is 78.4 Å². The van der Waals surface area contributed by atoms with Crippen molar-refractivity contribution in [2.45, 2.75) is 31.8 Å². The number of aromatic nitrogens is 2. The Bertz CT molecular complexity index is 1410. The van der Waals surface area contributed by atoms with Crippen molar-refractivity contribution >= 4 is 22.8 Å². The zero-order valence-corrected chi connectivity index (χ0v) is 20.6. The molecule has 2 aromatic carbocycles. The number of ether oxygens (including phenoxy) is 1. The molecule has 1 saturated heterocycles. The number of benzene rings is 2. The van der Waals surface area contributed by atoms with Gasteiger partial charge in [-0.25, -0.2) is 14.2 Å². The van der Waals surface area contributed by atoms with Crippen LogP contribution in [0.25, 0.3) is 22.2 Å². The first kappa shape index (κ1) is 23.5. The summed E-state index contributed by atoms with van der Waals surface area (Å²) in [7, 11) is 0. The van der Waals surface area contributed by atoms with E-state index in [0.717, 1.165) is 54.7 Å². The summed E-state index contributed by atoms with van der Waals surface area (Å²) in [5.41, 5.74) is 3.38. The van der Waals surface area contributed by atoms with E-state index >= 15 is 4.39 Å². The van der Waals surface area contributed by atoms with Gasteiger partial charge in [0, 0.05) is 48.2 Å². The number of H-pyrrole nitrogens is 1. The fourth-order valence-electron chi connectivity index (χ4n) is 4.78. The largest absolute Gasteiger partial charge is 0.492 e. The van der Waals surface area contributed by atoms with Crippen LogP contribution in [0.3, 0.4) is 0 Å². The highest BCUT2D eigenvalue weighted by Crippen LogP contribution is 2.32. The van der Waals surface area contributed by atoms with Crippen LogP contribution in [0.4, 0.5) is 14.9 Å². The molecule has 0 atom stereocenters. The van der Waals surface area contributed by atoms with Crippen LogP contribution in [0.15, 0.2) is 67.0 Å². The average Bonchev–Trinajstić information content (AvgIpc) is 3.59. The van der Waals surface area contributed by atoms with Crippen molar-refractivity contribution in [3.8, 4) is 16.9 Å². The van der Waals surface area contributed by atoms with E-state index in [2.05, 4.69) is 20.2 Å². The summed E-state index contributed by atoms with van der Waals surface area (Å²) in [5.74, 6) is 0.423. The average molecular weight is 500 g/mol. The number of amides is 2. The molecule has 2 N–H and O–H groups in total. The number of urea groups is 1. The number of aromatic amines is 1. The zero-order chi connectivity index (χ0) is 25.2. The van der Waals surface area contributed by atoms with Crippen LogP contribution in [-0.4, -0.2) is 58.1 Å². The molecule has 2 amide bonds. The van der Waals surface area contributed by atoms with E-state index < -0.39 is 5.82 Å². The van der Waals surface area contributed by atoms with Gasteiger partial charge in [-0.2, -0.15) is 0 Å². The van der Waals surface area contributed by atoms with E-state index in [1.54, 1.807) is 30.6 Å². The Morgan fingerprint density at radius 3 is 2.81 bits per heavy atom. The molecule has 37 heavy (non-hydrogen) atoms. The lowest BCUT2D eigenvalue weighted by Crippen LogP contribution is -2.39. The van der Waals surface area contributed by atoms with E-state index in [9.17, 15) is 4.79 Å². The maximum absolute atomic E-state index is 15.1. The topological polar surface area (TPSA) is 73.5 Å². The quantitative estimate of drug-likeness (QED) is 0.312. The van der Waals surface area contributed by atoms with Gasteiger partial charge in [0.2, 0.25) is 0 Å². The summed E-state index contributed by atoms with van der Waals surface area (Å²) in [6.07, 6.45) is 6.66. The van der Waals surface area contributed by atoms with Crippen molar-refractivity contribution in [1.82, 2.24) is 19.8 Å². The maximum Gasteiger partial charge on any atom is 0.322 e. The van der Waals surface area contributed by atoms with Crippen molar-refractivity contribution in [3.63, 3.8) is 0 Å². The molecule has 1 saturated carbocycles. The predicted octanol–water partition coefficient (Wildman–Crippen LogP) is 5.65. The smallest absolute Gasteiger partial charge is 0.322 e. The standard InChI is InChI=1S/C29H30FN5O2/c30-27-18-21(5-8-25(27)24-9-11-31-28-26(24)10-12-32-28)33-29(36)35(22-6-7-22)19-20-3-1-4-23(17-20)37-16-15-34-13-2-14-34/h1,3-5,8-12,17-18,22H,2,6-7,13-16,19H2,(H,31,32)(H,33,36). The Labute approximate surface area is 215 Å². The molecule has 8 heteroatoms. The van der Waals surface area contributed by atoms with Crippen LogP contribution in [0.2, 0.25) is 0 Å². The number of anilines is 1.